The molecule has 0 spiro atoms. The van der Waals surface area contributed by atoms with Gasteiger partial charge in [-0.25, -0.2) is 4.98 Å². The maximum Gasteiger partial charge on any atom is 0.129 e. The van der Waals surface area contributed by atoms with Gasteiger partial charge in [0.15, 0.2) is 0 Å². The summed E-state index contributed by atoms with van der Waals surface area (Å²) in [6.45, 7) is 6.57. The van der Waals surface area contributed by atoms with E-state index in [0.717, 1.165) is 12.6 Å². The third kappa shape index (κ3) is 2.92. The van der Waals surface area contributed by atoms with Gasteiger partial charge in [-0.1, -0.05) is 13.0 Å². The fourth-order valence-corrected chi connectivity index (χ4v) is 3.03. The molecule has 0 amide bonds. The Morgan fingerprint density at radius 3 is 2.84 bits per heavy atom. The van der Waals surface area contributed by atoms with Crippen molar-refractivity contribution >= 4 is 5.82 Å². The first-order valence-electron chi connectivity index (χ1n) is 7.74. The highest BCUT2D eigenvalue weighted by atomic mass is 15.2. The Hall–Kier alpha value is -1.09. The van der Waals surface area contributed by atoms with Crippen LogP contribution in [0.4, 0.5) is 5.82 Å². The van der Waals surface area contributed by atoms with Crippen LogP contribution < -0.4 is 10.2 Å². The van der Waals surface area contributed by atoms with Gasteiger partial charge in [0, 0.05) is 30.9 Å². The minimum Gasteiger partial charge on any atom is -0.354 e. The van der Waals surface area contributed by atoms with Crippen molar-refractivity contribution in [1.29, 1.82) is 0 Å². The lowest BCUT2D eigenvalue weighted by atomic mass is 10.1. The van der Waals surface area contributed by atoms with E-state index in [1.807, 2.05) is 0 Å². The van der Waals surface area contributed by atoms with E-state index >= 15 is 0 Å². The van der Waals surface area contributed by atoms with Gasteiger partial charge in [-0.05, 0) is 50.7 Å². The highest BCUT2D eigenvalue weighted by Gasteiger charge is 2.24. The fourth-order valence-electron chi connectivity index (χ4n) is 3.03. The summed E-state index contributed by atoms with van der Waals surface area (Å²) in [6.07, 6.45) is 6.55. The summed E-state index contributed by atoms with van der Waals surface area (Å²) >= 11 is 0. The van der Waals surface area contributed by atoms with E-state index in [9.17, 15) is 0 Å². The van der Waals surface area contributed by atoms with Crippen LogP contribution in [0.25, 0.3) is 0 Å². The minimum atomic E-state index is 0.697. The van der Waals surface area contributed by atoms with E-state index < -0.39 is 0 Å². The maximum atomic E-state index is 4.84. The lowest BCUT2D eigenvalue weighted by molar-refractivity contribution is 0.638. The molecule has 2 fully saturated rings. The summed E-state index contributed by atoms with van der Waals surface area (Å²) < 4.78 is 0. The first kappa shape index (κ1) is 12.9. The summed E-state index contributed by atoms with van der Waals surface area (Å²) in [7, 11) is 0. The molecule has 1 N–H and O–H groups in total. The molecule has 1 atom stereocenters. The van der Waals surface area contributed by atoms with Crippen LogP contribution in [-0.4, -0.2) is 23.6 Å². The molecule has 1 aromatic rings. The number of nitrogens with one attached hydrogen (secondary N) is 1. The van der Waals surface area contributed by atoms with Gasteiger partial charge in [0.25, 0.3) is 0 Å². The molecule has 19 heavy (non-hydrogen) atoms. The number of hydrogen-bond acceptors (Lipinski definition) is 3. The second-order valence-corrected chi connectivity index (χ2v) is 5.97. The van der Waals surface area contributed by atoms with Crippen LogP contribution in [0, 0.1) is 6.92 Å². The standard InChI is InChI=1S/C16H25N3/c1-3-15-5-4-10-19(15)16-9-6-13(12(2)18-16)11-17-14-7-8-14/h6,9,14-15,17H,3-5,7-8,10-11H2,1-2H3. The molecule has 0 bridgehead atoms. The summed E-state index contributed by atoms with van der Waals surface area (Å²) in [4.78, 5) is 7.33. The molecule has 3 nitrogen and oxygen atoms in total. The Kier molecular flexibility index (Phi) is 3.74. The van der Waals surface area contributed by atoms with E-state index in [1.54, 1.807) is 0 Å². The van der Waals surface area contributed by atoms with Crippen molar-refractivity contribution in [3.63, 3.8) is 0 Å². The highest BCUT2D eigenvalue weighted by molar-refractivity contribution is 5.43. The van der Waals surface area contributed by atoms with Gasteiger partial charge in [0.2, 0.25) is 0 Å². The van der Waals surface area contributed by atoms with E-state index in [2.05, 4.69) is 36.2 Å². The van der Waals surface area contributed by atoms with Gasteiger partial charge in [-0.3, -0.25) is 0 Å². The van der Waals surface area contributed by atoms with Crippen molar-refractivity contribution in [2.45, 2.75) is 64.6 Å². The molecule has 1 aliphatic heterocycles. The largest absolute Gasteiger partial charge is 0.354 e. The molecule has 2 heterocycles. The van der Waals surface area contributed by atoms with Crippen molar-refractivity contribution in [3.05, 3.63) is 23.4 Å². The zero-order valence-corrected chi connectivity index (χ0v) is 12.2. The summed E-state index contributed by atoms with van der Waals surface area (Å²) in [5, 5.41) is 3.57. The molecule has 1 saturated heterocycles. The maximum absolute atomic E-state index is 4.84. The fraction of sp³-hybridized carbons (Fsp3) is 0.688. The Morgan fingerprint density at radius 2 is 2.16 bits per heavy atom. The first-order chi connectivity index (χ1) is 9.28. The van der Waals surface area contributed by atoms with E-state index in [-0.39, 0.29) is 0 Å². The van der Waals surface area contributed by atoms with Crippen molar-refractivity contribution in [1.82, 2.24) is 10.3 Å². The molecule has 0 aromatic carbocycles. The zero-order valence-electron chi connectivity index (χ0n) is 12.2. The molecule has 1 saturated carbocycles. The first-order valence-corrected chi connectivity index (χ1v) is 7.74. The average Bonchev–Trinajstić information content (AvgIpc) is 3.12. The third-order valence-electron chi connectivity index (χ3n) is 4.48. The quantitative estimate of drug-likeness (QED) is 0.881. The molecule has 0 radical (unpaired) electrons. The number of pyridine rings is 1. The highest BCUT2D eigenvalue weighted by Crippen LogP contribution is 2.27. The monoisotopic (exact) mass is 259 g/mol. The molecule has 3 rings (SSSR count). The number of aryl methyl sites for hydroxylation is 1. The SMILES string of the molecule is CCC1CCCN1c1ccc(CNC2CC2)c(C)n1. The zero-order chi connectivity index (χ0) is 13.2. The second-order valence-electron chi connectivity index (χ2n) is 5.97. The van der Waals surface area contributed by atoms with Crippen LogP contribution in [0.5, 0.6) is 0 Å². The van der Waals surface area contributed by atoms with Crippen LogP contribution in [0.3, 0.4) is 0 Å². The van der Waals surface area contributed by atoms with E-state index in [0.29, 0.717) is 6.04 Å². The summed E-state index contributed by atoms with van der Waals surface area (Å²) in [6, 6.07) is 5.94. The van der Waals surface area contributed by atoms with Crippen molar-refractivity contribution in [3.8, 4) is 0 Å². The summed E-state index contributed by atoms with van der Waals surface area (Å²) in [5.41, 5.74) is 2.54. The van der Waals surface area contributed by atoms with Crippen LogP contribution in [0.1, 0.15) is 50.3 Å². The van der Waals surface area contributed by atoms with Crippen molar-refractivity contribution < 1.29 is 0 Å². The van der Waals surface area contributed by atoms with Gasteiger partial charge < -0.3 is 10.2 Å². The Balaban J connectivity index is 1.70. The normalized spacial score (nSPS) is 23.1. The number of aromatic nitrogens is 1. The number of nitrogens with zero attached hydrogens (tertiary/aromatic N) is 2. The van der Waals surface area contributed by atoms with Crippen LogP contribution >= 0.6 is 0 Å². The Bertz CT molecular complexity index is 440. The van der Waals surface area contributed by atoms with E-state index in [1.165, 1.54) is 55.7 Å². The molecular weight excluding hydrogens is 234 g/mol. The predicted octanol–water partition coefficient (Wildman–Crippen LogP) is 3.02. The van der Waals surface area contributed by atoms with Crippen molar-refractivity contribution in [2.75, 3.05) is 11.4 Å². The van der Waals surface area contributed by atoms with Crippen molar-refractivity contribution in [2.24, 2.45) is 0 Å². The Morgan fingerprint density at radius 1 is 1.32 bits per heavy atom. The second kappa shape index (κ2) is 5.49. The summed E-state index contributed by atoms with van der Waals surface area (Å²) in [5.74, 6) is 1.18. The molecule has 1 aliphatic carbocycles. The molecule has 1 aromatic heterocycles. The smallest absolute Gasteiger partial charge is 0.129 e. The van der Waals surface area contributed by atoms with Gasteiger partial charge >= 0.3 is 0 Å². The third-order valence-corrected chi connectivity index (χ3v) is 4.48. The van der Waals surface area contributed by atoms with Gasteiger partial charge in [-0.2, -0.15) is 0 Å². The van der Waals surface area contributed by atoms with Gasteiger partial charge in [-0.15, -0.1) is 0 Å². The predicted molar refractivity (Wildman–Crippen MR) is 79.5 cm³/mol. The van der Waals surface area contributed by atoms with E-state index in [4.69, 9.17) is 4.98 Å². The number of rotatable bonds is 5. The Labute approximate surface area is 116 Å². The molecule has 1 unspecified atom stereocenters. The lowest BCUT2D eigenvalue weighted by Crippen LogP contribution is -2.29. The van der Waals surface area contributed by atoms with Crippen LogP contribution in [0.2, 0.25) is 0 Å². The van der Waals surface area contributed by atoms with Gasteiger partial charge in [0.05, 0.1) is 0 Å². The van der Waals surface area contributed by atoms with Gasteiger partial charge in [0.1, 0.15) is 5.82 Å². The average molecular weight is 259 g/mol. The molecule has 104 valence electrons. The molecule has 3 heteroatoms. The lowest BCUT2D eigenvalue weighted by Gasteiger charge is -2.25. The van der Waals surface area contributed by atoms with Crippen LogP contribution in [0.15, 0.2) is 12.1 Å². The van der Waals surface area contributed by atoms with Crippen LogP contribution in [-0.2, 0) is 6.54 Å². The minimum absolute atomic E-state index is 0.697. The molecule has 2 aliphatic rings. The number of anilines is 1. The topological polar surface area (TPSA) is 28.2 Å². The number of hydrogen-bond donors (Lipinski definition) is 1. The molecular formula is C16H25N3.